The number of hydrogen-bond acceptors (Lipinski definition) is 5. The van der Waals surface area contributed by atoms with Gasteiger partial charge in [-0.1, -0.05) is 13.8 Å². The molecule has 0 saturated carbocycles. The highest BCUT2D eigenvalue weighted by molar-refractivity contribution is 5.95. The zero-order valence-corrected chi connectivity index (χ0v) is 14.2. The monoisotopic (exact) mass is 317 g/mol. The van der Waals surface area contributed by atoms with Gasteiger partial charge in [0.2, 0.25) is 0 Å². The molecule has 0 aliphatic carbocycles. The summed E-state index contributed by atoms with van der Waals surface area (Å²) in [5, 5.41) is 11.1. The van der Waals surface area contributed by atoms with Gasteiger partial charge >= 0.3 is 0 Å². The predicted octanol–water partition coefficient (Wildman–Crippen LogP) is 2.18. The minimum Gasteiger partial charge on any atom is -0.494 e. The van der Waals surface area contributed by atoms with E-state index < -0.39 is 0 Å². The number of carbonyl (C=O) groups is 1. The van der Waals surface area contributed by atoms with Crippen molar-refractivity contribution in [3.05, 3.63) is 30.1 Å². The van der Waals surface area contributed by atoms with Crippen molar-refractivity contribution < 1.29 is 9.53 Å². The van der Waals surface area contributed by atoms with Crippen LogP contribution in [0.1, 0.15) is 38.1 Å². The summed E-state index contributed by atoms with van der Waals surface area (Å²) < 4.78 is 6.82. The first-order chi connectivity index (χ1) is 11.0. The number of rotatable bonds is 6. The first-order valence-electron chi connectivity index (χ1n) is 7.72. The minimum absolute atomic E-state index is 0.00863. The van der Waals surface area contributed by atoms with Crippen molar-refractivity contribution in [2.75, 3.05) is 13.7 Å². The Bertz CT molecular complexity index is 654. The Morgan fingerprint density at radius 1 is 1.35 bits per heavy atom. The lowest BCUT2D eigenvalue weighted by atomic mass is 10.0. The standard InChI is InChI=1S/C16H23N5O2/c1-6-20(12(4)11(2)3)16(22)13-7-8-15(23-5)14(9-13)21-10-17-18-19-21/h7-12H,6H2,1-5H3. The molecule has 0 fully saturated rings. The highest BCUT2D eigenvalue weighted by atomic mass is 16.5. The predicted molar refractivity (Wildman–Crippen MR) is 86.7 cm³/mol. The van der Waals surface area contributed by atoms with Crippen molar-refractivity contribution in [3.63, 3.8) is 0 Å². The lowest BCUT2D eigenvalue weighted by Crippen LogP contribution is -2.41. The fourth-order valence-corrected chi connectivity index (χ4v) is 2.42. The first kappa shape index (κ1) is 16.9. The molecule has 0 bridgehead atoms. The number of amides is 1. The summed E-state index contributed by atoms with van der Waals surface area (Å²) in [6.45, 7) is 8.94. The van der Waals surface area contributed by atoms with Crippen LogP contribution in [0.25, 0.3) is 5.69 Å². The molecule has 0 saturated heterocycles. The maximum atomic E-state index is 12.9. The second kappa shape index (κ2) is 7.21. The maximum Gasteiger partial charge on any atom is 0.254 e. The zero-order valence-electron chi connectivity index (χ0n) is 14.2. The van der Waals surface area contributed by atoms with Crippen LogP contribution in [0.3, 0.4) is 0 Å². The van der Waals surface area contributed by atoms with Gasteiger partial charge in [-0.3, -0.25) is 4.79 Å². The summed E-state index contributed by atoms with van der Waals surface area (Å²) in [5.41, 5.74) is 1.22. The Morgan fingerprint density at radius 3 is 2.61 bits per heavy atom. The van der Waals surface area contributed by atoms with Gasteiger partial charge in [-0.2, -0.15) is 4.68 Å². The highest BCUT2D eigenvalue weighted by Crippen LogP contribution is 2.24. The van der Waals surface area contributed by atoms with E-state index in [1.54, 1.807) is 25.3 Å². The fourth-order valence-electron chi connectivity index (χ4n) is 2.42. The van der Waals surface area contributed by atoms with Crippen LogP contribution >= 0.6 is 0 Å². The number of tetrazole rings is 1. The van der Waals surface area contributed by atoms with Crippen LogP contribution in [0.2, 0.25) is 0 Å². The maximum absolute atomic E-state index is 12.9. The Hall–Kier alpha value is -2.44. The summed E-state index contributed by atoms with van der Waals surface area (Å²) in [6, 6.07) is 5.45. The van der Waals surface area contributed by atoms with Crippen LogP contribution in [0, 0.1) is 5.92 Å². The molecule has 0 aliphatic heterocycles. The van der Waals surface area contributed by atoms with E-state index in [4.69, 9.17) is 4.74 Å². The van der Waals surface area contributed by atoms with Gasteiger partial charge in [-0.05, 0) is 48.4 Å². The molecule has 124 valence electrons. The van der Waals surface area contributed by atoms with E-state index in [9.17, 15) is 4.79 Å². The molecule has 1 atom stereocenters. The minimum atomic E-state index is -0.00863. The van der Waals surface area contributed by atoms with Gasteiger partial charge in [0.05, 0.1) is 7.11 Å². The van der Waals surface area contributed by atoms with Gasteiger partial charge < -0.3 is 9.64 Å². The average Bonchev–Trinajstić information content (AvgIpc) is 3.08. The molecule has 1 amide bonds. The molecule has 1 unspecified atom stereocenters. The number of ether oxygens (including phenoxy) is 1. The third kappa shape index (κ3) is 3.49. The molecule has 0 spiro atoms. The molecule has 1 aromatic carbocycles. The second-order valence-corrected chi connectivity index (χ2v) is 5.72. The Labute approximate surface area is 136 Å². The second-order valence-electron chi connectivity index (χ2n) is 5.72. The van der Waals surface area contributed by atoms with Crippen molar-refractivity contribution >= 4 is 5.91 Å². The van der Waals surface area contributed by atoms with Crippen molar-refractivity contribution in [1.29, 1.82) is 0 Å². The van der Waals surface area contributed by atoms with Crippen LogP contribution in [0.15, 0.2) is 24.5 Å². The largest absolute Gasteiger partial charge is 0.494 e. The number of nitrogens with zero attached hydrogens (tertiary/aromatic N) is 5. The van der Waals surface area contributed by atoms with E-state index in [-0.39, 0.29) is 11.9 Å². The topological polar surface area (TPSA) is 73.1 Å². The Kier molecular flexibility index (Phi) is 5.31. The molecule has 7 nitrogen and oxygen atoms in total. The van der Waals surface area contributed by atoms with Gasteiger partial charge in [0.15, 0.2) is 0 Å². The summed E-state index contributed by atoms with van der Waals surface area (Å²) in [6.07, 6.45) is 1.47. The molecule has 0 N–H and O–H groups in total. The smallest absolute Gasteiger partial charge is 0.254 e. The molecule has 2 aromatic rings. The molecule has 2 rings (SSSR count). The van der Waals surface area contributed by atoms with E-state index in [2.05, 4.69) is 36.3 Å². The summed E-state index contributed by atoms with van der Waals surface area (Å²) in [7, 11) is 1.57. The van der Waals surface area contributed by atoms with E-state index in [1.165, 1.54) is 11.0 Å². The van der Waals surface area contributed by atoms with Crippen LogP contribution in [-0.2, 0) is 0 Å². The normalized spacial score (nSPS) is 12.3. The Morgan fingerprint density at radius 2 is 2.09 bits per heavy atom. The fraction of sp³-hybridized carbons (Fsp3) is 0.500. The number of hydrogen-bond donors (Lipinski definition) is 0. The lowest BCUT2D eigenvalue weighted by molar-refractivity contribution is 0.0660. The van der Waals surface area contributed by atoms with E-state index in [0.29, 0.717) is 29.5 Å². The molecule has 0 radical (unpaired) electrons. The summed E-state index contributed by atoms with van der Waals surface area (Å²) >= 11 is 0. The van der Waals surface area contributed by atoms with Gasteiger partial charge in [0, 0.05) is 18.2 Å². The molecule has 1 heterocycles. The summed E-state index contributed by atoms with van der Waals surface area (Å²) in [5.74, 6) is 0.982. The molecule has 23 heavy (non-hydrogen) atoms. The quantitative estimate of drug-likeness (QED) is 0.816. The van der Waals surface area contributed by atoms with Gasteiger partial charge in [-0.25, -0.2) is 0 Å². The zero-order chi connectivity index (χ0) is 17.0. The van der Waals surface area contributed by atoms with Crippen molar-refractivity contribution in [1.82, 2.24) is 25.1 Å². The number of carbonyl (C=O) groups excluding carboxylic acids is 1. The van der Waals surface area contributed by atoms with E-state index >= 15 is 0 Å². The number of benzene rings is 1. The van der Waals surface area contributed by atoms with E-state index in [1.807, 2.05) is 11.8 Å². The SMILES string of the molecule is CCN(C(=O)c1ccc(OC)c(-n2cnnn2)c1)C(C)C(C)C. The van der Waals surface area contributed by atoms with E-state index in [0.717, 1.165) is 0 Å². The Balaban J connectivity index is 2.40. The molecular formula is C16H23N5O2. The van der Waals surface area contributed by atoms with Crippen LogP contribution in [0.4, 0.5) is 0 Å². The van der Waals surface area contributed by atoms with Gasteiger partial charge in [0.1, 0.15) is 17.8 Å². The van der Waals surface area contributed by atoms with Crippen molar-refractivity contribution in [2.24, 2.45) is 5.92 Å². The average molecular weight is 317 g/mol. The lowest BCUT2D eigenvalue weighted by Gasteiger charge is -2.31. The number of methoxy groups -OCH3 is 1. The van der Waals surface area contributed by atoms with Crippen LogP contribution in [-0.4, -0.2) is 50.7 Å². The van der Waals surface area contributed by atoms with Crippen molar-refractivity contribution in [2.45, 2.75) is 33.7 Å². The molecule has 0 aliphatic rings. The van der Waals surface area contributed by atoms with Crippen LogP contribution < -0.4 is 4.74 Å². The highest BCUT2D eigenvalue weighted by Gasteiger charge is 2.23. The molecular weight excluding hydrogens is 294 g/mol. The molecule has 1 aromatic heterocycles. The van der Waals surface area contributed by atoms with Crippen LogP contribution in [0.5, 0.6) is 5.75 Å². The van der Waals surface area contributed by atoms with Gasteiger partial charge in [-0.15, -0.1) is 5.10 Å². The van der Waals surface area contributed by atoms with Gasteiger partial charge in [0.25, 0.3) is 5.91 Å². The summed E-state index contributed by atoms with van der Waals surface area (Å²) in [4.78, 5) is 14.7. The number of aromatic nitrogens is 4. The van der Waals surface area contributed by atoms with Crippen molar-refractivity contribution in [3.8, 4) is 11.4 Å². The first-order valence-corrected chi connectivity index (χ1v) is 7.72. The third-order valence-electron chi connectivity index (χ3n) is 4.08. The third-order valence-corrected chi connectivity index (χ3v) is 4.08. The molecule has 7 heteroatoms.